The van der Waals surface area contributed by atoms with Gasteiger partial charge in [0, 0.05) is 30.1 Å². The van der Waals surface area contributed by atoms with Gasteiger partial charge in [0.2, 0.25) is 0 Å². The molecule has 0 spiro atoms. The topological polar surface area (TPSA) is 67.2 Å². The third-order valence-corrected chi connectivity index (χ3v) is 7.65. The molecule has 0 saturated carbocycles. The van der Waals surface area contributed by atoms with Crippen LogP contribution in [0, 0.1) is 12.8 Å². The summed E-state index contributed by atoms with van der Waals surface area (Å²) in [7, 11) is 0. The molecule has 1 aliphatic heterocycles. The van der Waals surface area contributed by atoms with Crippen molar-refractivity contribution in [3.63, 3.8) is 0 Å². The standard InChI is InChI=1S/C31H33ClN4O2/c1-20(2)28(27-15-16-33-31(38)35(27)18-23-11-9-21(3)10-12-23)29-34-26-17-24(32)13-14-25(26)30(37)36(29)19-22-7-5-4-6-8-22/h4-14,17,20,27-28H,15-16,18-19H2,1-3H3,(H,33,38). The van der Waals surface area contributed by atoms with Gasteiger partial charge in [0.05, 0.1) is 17.4 Å². The molecule has 0 aliphatic carbocycles. The van der Waals surface area contributed by atoms with Gasteiger partial charge < -0.3 is 10.2 Å². The fraction of sp³-hybridized carbons (Fsp3) is 0.323. The molecule has 0 bridgehead atoms. The van der Waals surface area contributed by atoms with E-state index in [9.17, 15) is 9.59 Å². The van der Waals surface area contributed by atoms with Crippen LogP contribution in [0.2, 0.25) is 5.02 Å². The zero-order valence-electron chi connectivity index (χ0n) is 22.0. The molecule has 2 atom stereocenters. The molecule has 5 rings (SSSR count). The monoisotopic (exact) mass is 528 g/mol. The fourth-order valence-electron chi connectivity index (χ4n) is 5.49. The second kappa shape index (κ2) is 11.0. The Hall–Kier alpha value is -3.64. The van der Waals surface area contributed by atoms with Crippen molar-refractivity contribution in [1.29, 1.82) is 0 Å². The Morgan fingerprint density at radius 3 is 2.39 bits per heavy atom. The first-order valence-corrected chi connectivity index (χ1v) is 13.5. The Morgan fingerprint density at radius 2 is 1.68 bits per heavy atom. The highest BCUT2D eigenvalue weighted by atomic mass is 35.5. The summed E-state index contributed by atoms with van der Waals surface area (Å²) in [4.78, 5) is 34.2. The van der Waals surface area contributed by atoms with E-state index in [0.29, 0.717) is 41.4 Å². The van der Waals surface area contributed by atoms with Crippen LogP contribution < -0.4 is 10.9 Å². The molecule has 1 aromatic heterocycles. The number of halogens is 1. The molecule has 1 saturated heterocycles. The van der Waals surface area contributed by atoms with E-state index in [-0.39, 0.29) is 29.5 Å². The lowest BCUT2D eigenvalue weighted by Crippen LogP contribution is -2.55. The molecular weight excluding hydrogens is 496 g/mol. The SMILES string of the molecule is Cc1ccc(CN2C(=O)NCCC2C(c2nc3cc(Cl)ccc3c(=O)n2Cc2ccccc2)C(C)C)cc1. The Labute approximate surface area is 228 Å². The van der Waals surface area contributed by atoms with Gasteiger partial charge >= 0.3 is 6.03 Å². The number of aryl methyl sites for hydroxylation is 1. The molecule has 0 radical (unpaired) electrons. The predicted octanol–water partition coefficient (Wildman–Crippen LogP) is 6.13. The van der Waals surface area contributed by atoms with E-state index >= 15 is 0 Å². The van der Waals surface area contributed by atoms with Gasteiger partial charge in [-0.3, -0.25) is 9.36 Å². The molecule has 1 fully saturated rings. The largest absolute Gasteiger partial charge is 0.338 e. The lowest BCUT2D eigenvalue weighted by molar-refractivity contribution is 0.122. The summed E-state index contributed by atoms with van der Waals surface area (Å²) >= 11 is 6.32. The van der Waals surface area contributed by atoms with E-state index in [1.165, 1.54) is 5.56 Å². The third-order valence-electron chi connectivity index (χ3n) is 7.41. The van der Waals surface area contributed by atoms with Crippen LogP contribution in [0.25, 0.3) is 10.9 Å². The second-order valence-electron chi connectivity index (χ2n) is 10.5. The zero-order chi connectivity index (χ0) is 26.8. The number of nitrogens with one attached hydrogen (secondary N) is 1. The van der Waals surface area contributed by atoms with Gasteiger partial charge in [0.1, 0.15) is 5.82 Å². The average molecular weight is 529 g/mol. The van der Waals surface area contributed by atoms with E-state index in [2.05, 4.69) is 50.4 Å². The molecule has 1 aliphatic rings. The van der Waals surface area contributed by atoms with Crippen LogP contribution in [0.1, 0.15) is 48.7 Å². The first-order valence-electron chi connectivity index (χ1n) is 13.2. The second-order valence-corrected chi connectivity index (χ2v) is 10.9. The number of hydrogen-bond donors (Lipinski definition) is 1. The van der Waals surface area contributed by atoms with Gasteiger partial charge in [-0.05, 0) is 48.6 Å². The number of aromatic nitrogens is 2. The van der Waals surface area contributed by atoms with E-state index < -0.39 is 0 Å². The van der Waals surface area contributed by atoms with Crippen LogP contribution in [0.4, 0.5) is 4.79 Å². The summed E-state index contributed by atoms with van der Waals surface area (Å²) in [5.41, 5.74) is 3.75. The Kier molecular flexibility index (Phi) is 7.52. The van der Waals surface area contributed by atoms with Gasteiger partial charge in [-0.1, -0.05) is 85.6 Å². The van der Waals surface area contributed by atoms with Crippen molar-refractivity contribution in [3.05, 3.63) is 111 Å². The number of nitrogens with zero attached hydrogens (tertiary/aromatic N) is 3. The van der Waals surface area contributed by atoms with E-state index in [0.717, 1.165) is 17.5 Å². The molecule has 2 amide bonds. The highest BCUT2D eigenvalue weighted by Crippen LogP contribution is 2.34. The molecular formula is C31H33ClN4O2. The highest BCUT2D eigenvalue weighted by molar-refractivity contribution is 6.31. The number of amides is 2. The number of fused-ring (bicyclic) bond motifs is 1. The van der Waals surface area contributed by atoms with Crippen LogP contribution in [-0.2, 0) is 13.1 Å². The van der Waals surface area contributed by atoms with Crippen LogP contribution in [-0.4, -0.2) is 33.1 Å². The van der Waals surface area contributed by atoms with Gasteiger partial charge in [-0.2, -0.15) is 0 Å². The van der Waals surface area contributed by atoms with Crippen molar-refractivity contribution < 1.29 is 4.79 Å². The van der Waals surface area contributed by atoms with Gasteiger partial charge in [-0.15, -0.1) is 0 Å². The number of hydrogen-bond acceptors (Lipinski definition) is 3. The van der Waals surface area contributed by atoms with Gasteiger partial charge in [0.15, 0.2) is 0 Å². The lowest BCUT2D eigenvalue weighted by atomic mass is 9.83. The van der Waals surface area contributed by atoms with E-state index in [1.54, 1.807) is 22.8 Å². The van der Waals surface area contributed by atoms with Gasteiger partial charge in [-0.25, -0.2) is 9.78 Å². The maximum Gasteiger partial charge on any atom is 0.317 e. The van der Waals surface area contributed by atoms with Gasteiger partial charge in [0.25, 0.3) is 5.56 Å². The first-order chi connectivity index (χ1) is 18.3. The normalized spacial score (nSPS) is 16.6. The summed E-state index contributed by atoms with van der Waals surface area (Å²) < 4.78 is 1.80. The Bertz CT molecular complexity index is 1500. The molecule has 4 aromatic rings. The number of carbonyl (C=O) groups is 1. The molecule has 1 N–H and O–H groups in total. The molecule has 196 valence electrons. The number of urea groups is 1. The minimum Gasteiger partial charge on any atom is -0.338 e. The highest BCUT2D eigenvalue weighted by Gasteiger charge is 2.39. The fourth-order valence-corrected chi connectivity index (χ4v) is 5.65. The maximum atomic E-state index is 13.9. The van der Waals surface area contributed by atoms with Crippen molar-refractivity contribution in [1.82, 2.24) is 19.8 Å². The van der Waals surface area contributed by atoms with Crippen LogP contribution in [0.3, 0.4) is 0 Å². The lowest BCUT2D eigenvalue weighted by Gasteiger charge is -2.42. The minimum absolute atomic E-state index is 0.0896. The molecule has 3 aromatic carbocycles. The summed E-state index contributed by atoms with van der Waals surface area (Å²) in [6.07, 6.45) is 0.759. The number of carbonyl (C=O) groups excluding carboxylic acids is 1. The van der Waals surface area contributed by atoms with Crippen LogP contribution >= 0.6 is 11.6 Å². The van der Waals surface area contributed by atoms with E-state index in [1.807, 2.05) is 35.2 Å². The Balaban J connectivity index is 1.65. The molecule has 7 heteroatoms. The van der Waals surface area contributed by atoms with Crippen molar-refractivity contribution in [2.24, 2.45) is 5.92 Å². The van der Waals surface area contributed by atoms with Crippen LogP contribution in [0.5, 0.6) is 0 Å². The Morgan fingerprint density at radius 1 is 0.974 bits per heavy atom. The van der Waals surface area contributed by atoms with Crippen molar-refractivity contribution in [2.75, 3.05) is 6.54 Å². The number of rotatable bonds is 7. The van der Waals surface area contributed by atoms with Crippen molar-refractivity contribution in [3.8, 4) is 0 Å². The smallest absolute Gasteiger partial charge is 0.317 e. The third kappa shape index (κ3) is 5.32. The summed E-state index contributed by atoms with van der Waals surface area (Å²) in [6, 6.07) is 23.2. The summed E-state index contributed by atoms with van der Waals surface area (Å²) in [6.45, 7) is 7.81. The molecule has 2 unspecified atom stereocenters. The predicted molar refractivity (Wildman–Crippen MR) is 153 cm³/mol. The van der Waals surface area contributed by atoms with Crippen molar-refractivity contribution >= 4 is 28.5 Å². The summed E-state index contributed by atoms with van der Waals surface area (Å²) in [5.74, 6) is 0.653. The molecule has 38 heavy (non-hydrogen) atoms. The van der Waals surface area contributed by atoms with Crippen LogP contribution in [0.15, 0.2) is 77.6 Å². The molecule has 2 heterocycles. The van der Waals surface area contributed by atoms with E-state index in [4.69, 9.17) is 16.6 Å². The minimum atomic E-state index is -0.161. The summed E-state index contributed by atoms with van der Waals surface area (Å²) in [5, 5.41) is 4.10. The maximum absolute atomic E-state index is 13.9. The average Bonchev–Trinajstić information content (AvgIpc) is 2.89. The van der Waals surface area contributed by atoms with Crippen molar-refractivity contribution in [2.45, 2.75) is 52.2 Å². The number of benzene rings is 3. The molecule has 6 nitrogen and oxygen atoms in total. The zero-order valence-corrected chi connectivity index (χ0v) is 22.8. The quantitative estimate of drug-likeness (QED) is 0.314. The first kappa shape index (κ1) is 26.0.